The number of nitrogens with zero attached hydrogens (tertiary/aromatic N) is 5. The summed E-state index contributed by atoms with van der Waals surface area (Å²) in [6.45, 7) is 0. The summed E-state index contributed by atoms with van der Waals surface area (Å²) in [5.74, 6) is 1.70. The van der Waals surface area contributed by atoms with Crippen LogP contribution in [0.2, 0.25) is 0 Å². The second-order valence-corrected chi connectivity index (χ2v) is 19.1. The van der Waals surface area contributed by atoms with Crippen LogP contribution >= 0.6 is 0 Å². The van der Waals surface area contributed by atoms with Gasteiger partial charge in [0.05, 0.1) is 22.1 Å². The Morgan fingerprint density at radius 1 is 0.288 bits per heavy atom. The third kappa shape index (κ3) is 5.95. The Kier molecular flexibility index (Phi) is 8.36. The number of benzene rings is 12. The largest absolute Gasteiger partial charge is 0.454 e. The van der Waals surface area contributed by atoms with Crippen LogP contribution in [0.3, 0.4) is 0 Å². The van der Waals surface area contributed by atoms with Gasteiger partial charge in [-0.25, -0.2) is 15.0 Å². The van der Waals surface area contributed by atoms with Gasteiger partial charge in [-0.1, -0.05) is 164 Å². The van der Waals surface area contributed by atoms with Crippen LogP contribution in [-0.4, -0.2) is 24.1 Å². The Labute approximate surface area is 417 Å². The van der Waals surface area contributed by atoms with Gasteiger partial charge in [-0.3, -0.25) is 0 Å². The Morgan fingerprint density at radius 3 is 1.47 bits per heavy atom. The average molecular weight is 930 g/mol. The zero-order valence-electron chi connectivity index (χ0n) is 39.2. The van der Waals surface area contributed by atoms with Gasteiger partial charge in [0.15, 0.2) is 23.1 Å². The number of hydrogen-bond acceptors (Lipinski definition) is 4. The van der Waals surface area contributed by atoms with Gasteiger partial charge in [-0.05, 0) is 116 Å². The van der Waals surface area contributed by atoms with Gasteiger partial charge in [0.2, 0.25) is 0 Å². The van der Waals surface area contributed by atoms with Crippen LogP contribution in [-0.2, 0) is 0 Å². The van der Waals surface area contributed by atoms with Gasteiger partial charge >= 0.3 is 0 Å². The van der Waals surface area contributed by atoms with E-state index >= 15 is 0 Å². The zero-order valence-corrected chi connectivity index (χ0v) is 39.2. The fourth-order valence-electron chi connectivity index (χ4n) is 11.8. The lowest BCUT2D eigenvalue weighted by atomic mass is 10.0. The van der Waals surface area contributed by atoms with E-state index in [9.17, 15) is 0 Å². The first-order valence-corrected chi connectivity index (χ1v) is 24.8. The molecule has 4 aromatic heterocycles. The highest BCUT2D eigenvalue weighted by Crippen LogP contribution is 2.46. The monoisotopic (exact) mass is 929 g/mol. The van der Waals surface area contributed by atoms with Gasteiger partial charge in [-0.15, -0.1) is 0 Å². The molecule has 338 valence electrons. The van der Waals surface area contributed by atoms with Crippen molar-refractivity contribution < 1.29 is 4.42 Å². The molecule has 0 bridgehead atoms. The first-order chi connectivity index (χ1) is 36.2. The van der Waals surface area contributed by atoms with Crippen LogP contribution in [0.4, 0.5) is 0 Å². The highest BCUT2D eigenvalue weighted by molar-refractivity contribution is 6.20. The molecule has 73 heavy (non-hydrogen) atoms. The maximum atomic E-state index is 7.29. The molecule has 0 saturated heterocycles. The van der Waals surface area contributed by atoms with E-state index < -0.39 is 0 Å². The van der Waals surface area contributed by atoms with Crippen molar-refractivity contribution in [3.05, 3.63) is 237 Å². The molecule has 16 aromatic rings. The maximum Gasteiger partial charge on any atom is 0.166 e. The molecule has 6 nitrogen and oxygen atoms in total. The molecule has 12 aromatic carbocycles. The highest BCUT2D eigenvalue weighted by atomic mass is 16.3. The number of furan rings is 1. The first kappa shape index (κ1) is 39.9. The molecule has 0 aliphatic rings. The summed E-state index contributed by atoms with van der Waals surface area (Å²) in [5.41, 5.74) is 10.5. The molecule has 0 N–H and O–H groups in total. The van der Waals surface area contributed by atoms with Crippen molar-refractivity contribution in [2.45, 2.75) is 0 Å². The van der Waals surface area contributed by atoms with Crippen molar-refractivity contribution in [3.63, 3.8) is 0 Å². The molecular formula is C67H39N5O. The second-order valence-electron chi connectivity index (χ2n) is 19.1. The minimum Gasteiger partial charge on any atom is -0.454 e. The lowest BCUT2D eigenvalue weighted by molar-refractivity contribution is 0.667. The van der Waals surface area contributed by atoms with Gasteiger partial charge in [0.25, 0.3) is 0 Å². The fraction of sp³-hybridized carbons (Fsp3) is 0. The van der Waals surface area contributed by atoms with Crippen molar-refractivity contribution in [1.29, 1.82) is 0 Å². The summed E-state index contributed by atoms with van der Waals surface area (Å²) in [5, 5.41) is 15.7. The molecule has 0 amide bonds. The predicted octanol–water partition coefficient (Wildman–Crippen LogP) is 17.6. The lowest BCUT2D eigenvalue weighted by Crippen LogP contribution is -2.04. The van der Waals surface area contributed by atoms with Gasteiger partial charge in [0.1, 0.15) is 11.3 Å². The molecule has 0 aliphatic heterocycles. The molecule has 0 radical (unpaired) electrons. The first-order valence-electron chi connectivity index (χ1n) is 24.8. The molecular weight excluding hydrogens is 891 g/mol. The van der Waals surface area contributed by atoms with Crippen LogP contribution in [0.25, 0.3) is 154 Å². The van der Waals surface area contributed by atoms with Crippen molar-refractivity contribution in [1.82, 2.24) is 24.1 Å². The van der Waals surface area contributed by atoms with E-state index in [2.05, 4.69) is 246 Å². The predicted molar refractivity (Wildman–Crippen MR) is 302 cm³/mol. The van der Waals surface area contributed by atoms with Crippen molar-refractivity contribution in [2.24, 2.45) is 0 Å². The average Bonchev–Trinajstić information content (AvgIpc) is 4.09. The van der Waals surface area contributed by atoms with Crippen LogP contribution < -0.4 is 0 Å². The third-order valence-electron chi connectivity index (χ3n) is 15.1. The summed E-state index contributed by atoms with van der Waals surface area (Å²) >= 11 is 0. The van der Waals surface area contributed by atoms with Crippen LogP contribution in [0.15, 0.2) is 241 Å². The smallest absolute Gasteiger partial charge is 0.166 e. The van der Waals surface area contributed by atoms with Crippen LogP contribution in [0.5, 0.6) is 0 Å². The number of aromatic nitrogens is 5. The maximum absolute atomic E-state index is 7.29. The van der Waals surface area contributed by atoms with E-state index in [1.54, 1.807) is 0 Å². The van der Waals surface area contributed by atoms with Crippen molar-refractivity contribution >= 4 is 109 Å². The minimum atomic E-state index is 0.538. The van der Waals surface area contributed by atoms with Gasteiger partial charge < -0.3 is 13.6 Å². The normalized spacial score (nSPS) is 12.1. The van der Waals surface area contributed by atoms with E-state index in [-0.39, 0.29) is 0 Å². The fourth-order valence-corrected chi connectivity index (χ4v) is 11.8. The van der Waals surface area contributed by atoms with E-state index in [4.69, 9.17) is 19.4 Å². The SMILES string of the molecule is c1ccc(-n2c3ccccc3c3c(-c4nc(-c5ccc6c(oc7cc8ccccc8cc76)c5-n5c6cc7ccccc7cc6c6cc7ccccc7cc65)nc(-c5cccc6ccccc56)n4)cccc32)cc1. The molecule has 0 saturated carbocycles. The Hall–Kier alpha value is -9.91. The molecule has 0 spiro atoms. The van der Waals surface area contributed by atoms with E-state index in [0.717, 1.165) is 126 Å². The van der Waals surface area contributed by atoms with E-state index in [1.165, 1.54) is 10.8 Å². The van der Waals surface area contributed by atoms with Crippen molar-refractivity contribution in [3.8, 4) is 45.5 Å². The molecule has 0 aliphatic carbocycles. The molecule has 0 fully saturated rings. The molecule has 4 heterocycles. The summed E-state index contributed by atoms with van der Waals surface area (Å²) in [6.07, 6.45) is 0. The van der Waals surface area contributed by atoms with Crippen molar-refractivity contribution in [2.75, 3.05) is 0 Å². The van der Waals surface area contributed by atoms with Crippen LogP contribution in [0.1, 0.15) is 0 Å². The number of rotatable bonds is 5. The Balaban J connectivity index is 1.07. The quantitative estimate of drug-likeness (QED) is 0.173. The van der Waals surface area contributed by atoms with Gasteiger partial charge in [-0.2, -0.15) is 0 Å². The topological polar surface area (TPSA) is 61.7 Å². The Morgan fingerprint density at radius 2 is 0.781 bits per heavy atom. The van der Waals surface area contributed by atoms with Crippen LogP contribution in [0, 0.1) is 0 Å². The molecule has 0 atom stereocenters. The highest BCUT2D eigenvalue weighted by Gasteiger charge is 2.27. The Bertz CT molecular complexity index is 4890. The van der Waals surface area contributed by atoms with E-state index in [0.29, 0.717) is 17.5 Å². The third-order valence-corrected chi connectivity index (χ3v) is 15.1. The lowest BCUT2D eigenvalue weighted by Gasteiger charge is -2.16. The number of para-hydroxylation sites is 2. The number of fused-ring (bicyclic) bond motifs is 13. The van der Waals surface area contributed by atoms with Gasteiger partial charge in [0, 0.05) is 54.7 Å². The molecule has 0 unspecified atom stereocenters. The summed E-state index contributed by atoms with van der Waals surface area (Å²) in [6, 6.07) is 84.5. The summed E-state index contributed by atoms with van der Waals surface area (Å²) in [7, 11) is 0. The summed E-state index contributed by atoms with van der Waals surface area (Å²) < 4.78 is 12.1. The second kappa shape index (κ2) is 15.3. The minimum absolute atomic E-state index is 0.538. The zero-order chi connectivity index (χ0) is 47.7. The molecule has 16 rings (SSSR count). The number of hydrogen-bond donors (Lipinski definition) is 0. The van der Waals surface area contributed by atoms with E-state index in [1.807, 2.05) is 0 Å². The summed E-state index contributed by atoms with van der Waals surface area (Å²) in [4.78, 5) is 16.8. The standard InChI is InChI=1S/C67H39N5O/c1-2-24-47(25-3-1)71-57-30-13-12-27-51(57)62-52(29-15-31-58(62)71)66-68-65(50-28-14-23-40-16-10-11-26-48(40)50)69-67(70-66)53-33-32-49-56-36-43-19-6-9-22-46(43)39-61(56)73-64(49)63(53)72-59-37-44-20-7-4-17-41(44)34-54(59)55-35-42-18-5-8-21-45(42)38-60(55)72/h1-39H. The molecule has 6 heteroatoms.